The maximum Gasteiger partial charge on any atom is 0.327 e. The Balaban J connectivity index is 2.28. The molecule has 0 N–H and O–H groups in total. The smallest absolute Gasteiger partial charge is 0.204 e. The second-order valence-electron chi connectivity index (χ2n) is 4.57. The normalized spacial score (nSPS) is 17.7. The molecule has 5 heteroatoms. The molecule has 0 saturated carbocycles. The molecule has 1 aromatic rings. The number of benzene rings is 1. The number of hydrogen-bond acceptors (Lipinski definition) is 0. The van der Waals surface area contributed by atoms with Crippen molar-refractivity contribution in [1.29, 1.82) is 0 Å². The second-order valence-corrected chi connectivity index (χ2v) is 5.01. The summed E-state index contributed by atoms with van der Waals surface area (Å²) in [6, 6.07) is 4.70. The standard InChI is InChI=1S/C13H13ClF4/c14-11(13(17,18)12(15)16)10-6-5-8-3-1-2-4-9(8)7-10/h5-7,11-12H,1-4H2. The number of fused-ring (bicyclic) bond motifs is 1. The Morgan fingerprint density at radius 3 is 2.28 bits per heavy atom. The minimum atomic E-state index is -4.20. The predicted octanol–water partition coefficient (Wildman–Crippen LogP) is 4.75. The molecule has 0 nitrogen and oxygen atoms in total. The number of aryl methyl sites for hydroxylation is 2. The van der Waals surface area contributed by atoms with Crippen LogP contribution in [0.2, 0.25) is 0 Å². The van der Waals surface area contributed by atoms with Gasteiger partial charge in [-0.1, -0.05) is 18.2 Å². The van der Waals surface area contributed by atoms with Crippen molar-refractivity contribution in [3.05, 3.63) is 34.9 Å². The molecule has 0 spiro atoms. The molecule has 0 aliphatic heterocycles. The summed E-state index contributed by atoms with van der Waals surface area (Å²) in [5, 5.41) is -1.98. The van der Waals surface area contributed by atoms with Gasteiger partial charge < -0.3 is 0 Å². The molecular formula is C13H13ClF4. The van der Waals surface area contributed by atoms with Gasteiger partial charge in [0.2, 0.25) is 0 Å². The Kier molecular flexibility index (Phi) is 3.85. The lowest BCUT2D eigenvalue weighted by Crippen LogP contribution is -2.31. The van der Waals surface area contributed by atoms with Gasteiger partial charge in [0.1, 0.15) is 5.38 Å². The van der Waals surface area contributed by atoms with Crippen LogP contribution in [0.1, 0.15) is 34.9 Å². The molecule has 100 valence electrons. The molecule has 1 atom stereocenters. The van der Waals surface area contributed by atoms with E-state index in [1.807, 2.05) is 0 Å². The van der Waals surface area contributed by atoms with E-state index >= 15 is 0 Å². The molecule has 1 unspecified atom stereocenters. The van der Waals surface area contributed by atoms with Gasteiger partial charge in [-0.05, 0) is 42.4 Å². The van der Waals surface area contributed by atoms with Gasteiger partial charge in [-0.2, -0.15) is 8.78 Å². The van der Waals surface area contributed by atoms with Gasteiger partial charge in [0, 0.05) is 0 Å². The molecular weight excluding hydrogens is 268 g/mol. The minimum absolute atomic E-state index is 0.0719. The molecule has 0 heterocycles. The largest absolute Gasteiger partial charge is 0.327 e. The van der Waals surface area contributed by atoms with Crippen LogP contribution >= 0.6 is 11.6 Å². The lowest BCUT2D eigenvalue weighted by molar-refractivity contribution is -0.130. The van der Waals surface area contributed by atoms with E-state index in [1.165, 1.54) is 6.07 Å². The van der Waals surface area contributed by atoms with E-state index in [-0.39, 0.29) is 5.56 Å². The molecule has 0 amide bonds. The van der Waals surface area contributed by atoms with Crippen molar-refractivity contribution in [1.82, 2.24) is 0 Å². The SMILES string of the molecule is FC(F)C(F)(F)C(Cl)c1ccc2c(c1)CCCC2. The van der Waals surface area contributed by atoms with Crippen molar-refractivity contribution in [3.8, 4) is 0 Å². The fourth-order valence-electron chi connectivity index (χ4n) is 2.24. The molecule has 0 fully saturated rings. The highest BCUT2D eigenvalue weighted by Crippen LogP contribution is 2.42. The lowest BCUT2D eigenvalue weighted by atomic mass is 9.89. The molecule has 0 saturated heterocycles. The Bertz CT molecular complexity index is 431. The third-order valence-electron chi connectivity index (χ3n) is 3.29. The highest BCUT2D eigenvalue weighted by atomic mass is 35.5. The van der Waals surface area contributed by atoms with Gasteiger partial charge in [0.15, 0.2) is 0 Å². The van der Waals surface area contributed by atoms with Gasteiger partial charge >= 0.3 is 12.3 Å². The highest BCUT2D eigenvalue weighted by molar-refractivity contribution is 6.21. The average molecular weight is 281 g/mol. The predicted molar refractivity (Wildman–Crippen MR) is 62.6 cm³/mol. The van der Waals surface area contributed by atoms with Crippen LogP contribution in [-0.4, -0.2) is 12.3 Å². The number of rotatable bonds is 3. The van der Waals surface area contributed by atoms with Crippen molar-refractivity contribution >= 4 is 11.6 Å². The maximum atomic E-state index is 13.2. The zero-order valence-electron chi connectivity index (χ0n) is 9.61. The molecule has 1 aliphatic carbocycles. The van der Waals surface area contributed by atoms with E-state index in [2.05, 4.69) is 0 Å². The van der Waals surface area contributed by atoms with Gasteiger partial charge in [0.05, 0.1) is 0 Å². The third kappa shape index (κ3) is 2.48. The van der Waals surface area contributed by atoms with Crippen LogP contribution in [-0.2, 0) is 12.8 Å². The van der Waals surface area contributed by atoms with Crippen LogP contribution in [0.15, 0.2) is 18.2 Å². The zero-order valence-corrected chi connectivity index (χ0v) is 10.4. The highest BCUT2D eigenvalue weighted by Gasteiger charge is 2.48. The van der Waals surface area contributed by atoms with Gasteiger partial charge in [0.25, 0.3) is 0 Å². The van der Waals surface area contributed by atoms with Crippen molar-refractivity contribution in [2.24, 2.45) is 0 Å². The summed E-state index contributed by atoms with van der Waals surface area (Å²) < 4.78 is 50.9. The molecule has 1 aliphatic rings. The summed E-state index contributed by atoms with van der Waals surface area (Å²) in [5.41, 5.74) is 2.13. The topological polar surface area (TPSA) is 0 Å². The first-order valence-electron chi connectivity index (χ1n) is 5.84. The first-order chi connectivity index (χ1) is 8.43. The van der Waals surface area contributed by atoms with Crippen LogP contribution in [0.25, 0.3) is 0 Å². The van der Waals surface area contributed by atoms with Crippen LogP contribution in [0, 0.1) is 0 Å². The maximum absolute atomic E-state index is 13.2. The third-order valence-corrected chi connectivity index (χ3v) is 3.84. The Morgan fingerprint density at radius 1 is 1.06 bits per heavy atom. The van der Waals surface area contributed by atoms with Crippen molar-refractivity contribution in [2.45, 2.75) is 43.4 Å². The summed E-state index contributed by atoms with van der Waals surface area (Å²) in [7, 11) is 0. The van der Waals surface area contributed by atoms with E-state index in [9.17, 15) is 17.6 Å². The van der Waals surface area contributed by atoms with Crippen LogP contribution in [0.4, 0.5) is 17.6 Å². The summed E-state index contributed by atoms with van der Waals surface area (Å²) in [5.74, 6) is -4.20. The Labute approximate surface area is 108 Å². The first-order valence-corrected chi connectivity index (χ1v) is 6.28. The minimum Gasteiger partial charge on any atom is -0.204 e. The number of alkyl halides is 5. The van der Waals surface area contributed by atoms with Gasteiger partial charge in [-0.25, -0.2) is 8.78 Å². The monoisotopic (exact) mass is 280 g/mol. The Morgan fingerprint density at radius 2 is 1.67 bits per heavy atom. The number of halogens is 5. The molecule has 0 radical (unpaired) electrons. The van der Waals surface area contributed by atoms with E-state index in [0.29, 0.717) is 0 Å². The van der Waals surface area contributed by atoms with Crippen LogP contribution in [0.3, 0.4) is 0 Å². The van der Waals surface area contributed by atoms with E-state index in [0.717, 1.165) is 36.8 Å². The summed E-state index contributed by atoms with van der Waals surface area (Å²) >= 11 is 5.51. The van der Waals surface area contributed by atoms with Gasteiger partial charge in [-0.15, -0.1) is 11.6 Å². The van der Waals surface area contributed by atoms with E-state index in [4.69, 9.17) is 11.6 Å². The zero-order chi connectivity index (χ0) is 13.3. The van der Waals surface area contributed by atoms with E-state index < -0.39 is 17.7 Å². The molecule has 2 rings (SSSR count). The Hall–Kier alpha value is -0.770. The van der Waals surface area contributed by atoms with Crippen molar-refractivity contribution in [2.75, 3.05) is 0 Å². The summed E-state index contributed by atoms with van der Waals surface area (Å²) in [6.45, 7) is 0. The fourth-order valence-corrected chi connectivity index (χ4v) is 2.47. The van der Waals surface area contributed by atoms with Crippen molar-refractivity contribution < 1.29 is 17.6 Å². The van der Waals surface area contributed by atoms with Crippen molar-refractivity contribution in [3.63, 3.8) is 0 Å². The van der Waals surface area contributed by atoms with Crippen LogP contribution in [0.5, 0.6) is 0 Å². The molecule has 0 bridgehead atoms. The lowest BCUT2D eigenvalue weighted by Gasteiger charge is -2.23. The fraction of sp³-hybridized carbons (Fsp3) is 0.538. The van der Waals surface area contributed by atoms with Gasteiger partial charge in [-0.3, -0.25) is 0 Å². The van der Waals surface area contributed by atoms with E-state index in [1.54, 1.807) is 12.1 Å². The molecule has 18 heavy (non-hydrogen) atoms. The first kappa shape index (κ1) is 13.7. The molecule has 1 aromatic carbocycles. The quantitative estimate of drug-likeness (QED) is 0.554. The average Bonchev–Trinajstić information content (AvgIpc) is 2.37. The summed E-state index contributed by atoms with van der Waals surface area (Å²) in [6.07, 6.45) is 0.0234. The molecule has 0 aromatic heterocycles. The summed E-state index contributed by atoms with van der Waals surface area (Å²) in [4.78, 5) is 0. The van der Waals surface area contributed by atoms with Crippen LogP contribution < -0.4 is 0 Å². The number of hydrogen-bond donors (Lipinski definition) is 0. The second kappa shape index (κ2) is 5.08.